The van der Waals surface area contributed by atoms with Gasteiger partial charge in [0.05, 0.1) is 0 Å². The van der Waals surface area contributed by atoms with Gasteiger partial charge in [-0.25, -0.2) is 5.10 Å². The lowest BCUT2D eigenvalue weighted by molar-refractivity contribution is -0.112. The molecule has 0 saturated carbocycles. The zero-order valence-corrected chi connectivity index (χ0v) is 6.03. The Labute approximate surface area is 63.5 Å². The summed E-state index contributed by atoms with van der Waals surface area (Å²) in [5.74, 6) is 0.500. The molecule has 0 aliphatic heterocycles. The first-order valence-electron chi connectivity index (χ1n) is 3.08. The molecule has 0 saturated heterocycles. The lowest BCUT2D eigenvalue weighted by atomic mass is 10.4. The molecule has 5 nitrogen and oxygen atoms in total. The Balaban J connectivity index is 2.40. The van der Waals surface area contributed by atoms with Crippen molar-refractivity contribution in [2.75, 3.05) is 5.32 Å². The standard InChI is InChI=1S/C6H8N4O/c1-5(11)2-3-7-6-8-4-9-10-6/h2-4H,1H3,(H2,7,8,9,10)/b3-2-. The first-order chi connectivity index (χ1) is 5.29. The second kappa shape index (κ2) is 3.50. The Morgan fingerprint density at radius 1 is 1.82 bits per heavy atom. The van der Waals surface area contributed by atoms with Crippen LogP contribution in [-0.2, 0) is 4.79 Å². The number of aromatic amines is 1. The van der Waals surface area contributed by atoms with Gasteiger partial charge in [-0.3, -0.25) is 4.79 Å². The van der Waals surface area contributed by atoms with E-state index in [2.05, 4.69) is 20.5 Å². The third-order valence-electron chi connectivity index (χ3n) is 0.953. The predicted octanol–water partition coefficient (Wildman–Crippen LogP) is 0.319. The Morgan fingerprint density at radius 3 is 3.18 bits per heavy atom. The van der Waals surface area contributed by atoms with E-state index >= 15 is 0 Å². The van der Waals surface area contributed by atoms with Crippen LogP contribution >= 0.6 is 0 Å². The van der Waals surface area contributed by atoms with Gasteiger partial charge in [-0.05, 0) is 13.0 Å². The van der Waals surface area contributed by atoms with E-state index in [-0.39, 0.29) is 5.78 Å². The second-order valence-corrected chi connectivity index (χ2v) is 1.92. The lowest BCUT2D eigenvalue weighted by Crippen LogP contribution is -1.91. The van der Waals surface area contributed by atoms with Crippen LogP contribution < -0.4 is 5.32 Å². The fourth-order valence-electron chi connectivity index (χ4n) is 0.513. The molecule has 1 aromatic rings. The van der Waals surface area contributed by atoms with Gasteiger partial charge in [0.1, 0.15) is 6.33 Å². The van der Waals surface area contributed by atoms with Crippen molar-refractivity contribution in [3.8, 4) is 0 Å². The van der Waals surface area contributed by atoms with Crippen molar-refractivity contribution in [2.24, 2.45) is 0 Å². The van der Waals surface area contributed by atoms with Gasteiger partial charge in [-0.2, -0.15) is 10.1 Å². The number of allylic oxidation sites excluding steroid dienone is 1. The van der Waals surface area contributed by atoms with E-state index in [1.807, 2.05) is 0 Å². The zero-order chi connectivity index (χ0) is 8.10. The molecule has 11 heavy (non-hydrogen) atoms. The van der Waals surface area contributed by atoms with Crippen molar-refractivity contribution < 1.29 is 4.79 Å². The molecule has 0 aliphatic carbocycles. The quantitative estimate of drug-likeness (QED) is 0.612. The number of hydrogen-bond acceptors (Lipinski definition) is 4. The van der Waals surface area contributed by atoms with Crippen LogP contribution in [0.5, 0.6) is 0 Å². The Bertz CT molecular complexity index is 252. The number of carbonyl (C=O) groups is 1. The van der Waals surface area contributed by atoms with Crippen molar-refractivity contribution in [2.45, 2.75) is 6.92 Å². The minimum atomic E-state index is -0.0167. The third-order valence-corrected chi connectivity index (χ3v) is 0.953. The highest BCUT2D eigenvalue weighted by Gasteiger charge is 1.87. The van der Waals surface area contributed by atoms with E-state index in [4.69, 9.17) is 0 Å². The van der Waals surface area contributed by atoms with E-state index in [0.29, 0.717) is 5.95 Å². The van der Waals surface area contributed by atoms with Crippen LogP contribution in [-0.4, -0.2) is 21.0 Å². The zero-order valence-electron chi connectivity index (χ0n) is 6.03. The molecule has 1 heterocycles. The monoisotopic (exact) mass is 152 g/mol. The van der Waals surface area contributed by atoms with Gasteiger partial charge in [0.15, 0.2) is 5.78 Å². The van der Waals surface area contributed by atoms with Crippen LogP contribution in [0.3, 0.4) is 0 Å². The molecule has 5 heteroatoms. The number of nitrogens with zero attached hydrogens (tertiary/aromatic N) is 2. The van der Waals surface area contributed by atoms with E-state index < -0.39 is 0 Å². The molecule has 1 aromatic heterocycles. The summed E-state index contributed by atoms with van der Waals surface area (Å²) >= 11 is 0. The highest BCUT2D eigenvalue weighted by atomic mass is 16.1. The maximum atomic E-state index is 10.4. The summed E-state index contributed by atoms with van der Waals surface area (Å²) in [4.78, 5) is 14.2. The molecule has 2 N–H and O–H groups in total. The molecular formula is C6H8N4O. The highest BCUT2D eigenvalue weighted by molar-refractivity contribution is 5.87. The summed E-state index contributed by atoms with van der Waals surface area (Å²) in [6.45, 7) is 1.47. The van der Waals surface area contributed by atoms with Crippen molar-refractivity contribution >= 4 is 11.7 Å². The van der Waals surface area contributed by atoms with Crippen LogP contribution in [0.2, 0.25) is 0 Å². The fourth-order valence-corrected chi connectivity index (χ4v) is 0.513. The van der Waals surface area contributed by atoms with E-state index in [1.165, 1.54) is 25.5 Å². The lowest BCUT2D eigenvalue weighted by Gasteiger charge is -1.89. The normalized spacial score (nSPS) is 10.3. The van der Waals surface area contributed by atoms with Crippen molar-refractivity contribution in [1.29, 1.82) is 0 Å². The number of aromatic nitrogens is 3. The number of hydrogen-bond donors (Lipinski definition) is 2. The third kappa shape index (κ3) is 2.61. The summed E-state index contributed by atoms with van der Waals surface area (Å²) in [5.41, 5.74) is 0. The maximum Gasteiger partial charge on any atom is 0.222 e. The smallest absolute Gasteiger partial charge is 0.222 e. The Kier molecular flexibility index (Phi) is 2.37. The highest BCUT2D eigenvalue weighted by Crippen LogP contribution is 1.90. The van der Waals surface area contributed by atoms with Crippen LogP contribution in [0.1, 0.15) is 6.92 Å². The molecule has 0 fully saturated rings. The number of nitrogens with one attached hydrogen (secondary N) is 2. The van der Waals surface area contributed by atoms with Crippen molar-refractivity contribution in [1.82, 2.24) is 15.2 Å². The van der Waals surface area contributed by atoms with E-state index in [9.17, 15) is 4.79 Å². The van der Waals surface area contributed by atoms with Crippen molar-refractivity contribution in [3.05, 3.63) is 18.6 Å². The minimum absolute atomic E-state index is 0.0167. The van der Waals surface area contributed by atoms with Gasteiger partial charge >= 0.3 is 0 Å². The van der Waals surface area contributed by atoms with Crippen LogP contribution in [0.15, 0.2) is 18.6 Å². The van der Waals surface area contributed by atoms with E-state index in [0.717, 1.165) is 0 Å². The van der Waals surface area contributed by atoms with Gasteiger partial charge in [0.2, 0.25) is 5.95 Å². The maximum absolute atomic E-state index is 10.4. The second-order valence-electron chi connectivity index (χ2n) is 1.92. The largest absolute Gasteiger partial charge is 0.331 e. The van der Waals surface area contributed by atoms with Crippen LogP contribution in [0.4, 0.5) is 5.95 Å². The number of H-pyrrole nitrogens is 1. The van der Waals surface area contributed by atoms with Crippen LogP contribution in [0, 0.1) is 0 Å². The molecule has 0 bridgehead atoms. The Morgan fingerprint density at radius 2 is 2.64 bits per heavy atom. The van der Waals surface area contributed by atoms with Crippen molar-refractivity contribution in [3.63, 3.8) is 0 Å². The molecule has 0 aromatic carbocycles. The fraction of sp³-hybridized carbons (Fsp3) is 0.167. The molecule has 0 atom stereocenters. The summed E-state index contributed by atoms with van der Waals surface area (Å²) in [5, 5.41) is 8.90. The number of carbonyl (C=O) groups excluding carboxylic acids is 1. The number of ketones is 1. The molecule has 0 aliphatic rings. The molecule has 0 amide bonds. The predicted molar refractivity (Wildman–Crippen MR) is 39.8 cm³/mol. The summed E-state index contributed by atoms with van der Waals surface area (Å²) in [6, 6.07) is 0. The average Bonchev–Trinajstić information content (AvgIpc) is 2.39. The van der Waals surface area contributed by atoms with E-state index in [1.54, 1.807) is 0 Å². The molecular weight excluding hydrogens is 144 g/mol. The van der Waals surface area contributed by atoms with Gasteiger partial charge in [0.25, 0.3) is 0 Å². The minimum Gasteiger partial charge on any atom is -0.331 e. The summed E-state index contributed by atoms with van der Waals surface area (Å²) < 4.78 is 0. The first kappa shape index (κ1) is 7.46. The molecule has 58 valence electrons. The van der Waals surface area contributed by atoms with Gasteiger partial charge in [-0.15, -0.1) is 0 Å². The van der Waals surface area contributed by atoms with Gasteiger partial charge in [-0.1, -0.05) is 0 Å². The topological polar surface area (TPSA) is 70.7 Å². The Hall–Kier alpha value is -1.65. The number of rotatable bonds is 3. The molecule has 0 radical (unpaired) electrons. The van der Waals surface area contributed by atoms with Gasteiger partial charge < -0.3 is 5.32 Å². The summed E-state index contributed by atoms with van der Waals surface area (Å²) in [7, 11) is 0. The van der Waals surface area contributed by atoms with Crippen LogP contribution in [0.25, 0.3) is 0 Å². The molecule has 0 unspecified atom stereocenters. The molecule has 0 spiro atoms. The average molecular weight is 152 g/mol. The summed E-state index contributed by atoms with van der Waals surface area (Å²) in [6.07, 6.45) is 4.29. The first-order valence-corrected chi connectivity index (χ1v) is 3.08. The number of anilines is 1. The van der Waals surface area contributed by atoms with Gasteiger partial charge in [0, 0.05) is 6.20 Å². The SMILES string of the molecule is CC(=O)/C=C\Nc1ncn[nH]1. The molecule has 1 rings (SSSR count).